The van der Waals surface area contributed by atoms with Crippen LogP contribution in [-0.4, -0.2) is 49.7 Å². The molecule has 30 heavy (non-hydrogen) atoms. The van der Waals surface area contributed by atoms with E-state index >= 15 is 0 Å². The van der Waals surface area contributed by atoms with Gasteiger partial charge < -0.3 is 20.1 Å². The van der Waals surface area contributed by atoms with Crippen LogP contribution in [0.15, 0.2) is 24.5 Å². The number of carbonyl (C=O) groups is 1. The summed E-state index contributed by atoms with van der Waals surface area (Å²) in [6.45, 7) is 3.71. The van der Waals surface area contributed by atoms with Crippen molar-refractivity contribution in [3.63, 3.8) is 0 Å². The Hall–Kier alpha value is -3.28. The number of Topliss-reactive ketones (excluding diaryl/α,β-unsaturated/α-hetero) is 1. The van der Waals surface area contributed by atoms with Crippen molar-refractivity contribution in [3.05, 3.63) is 35.9 Å². The number of nitrogens with two attached hydrogens (primary N) is 1. The SMILES string of the molecule is COCCCC(=O)c1c(-c2ccnc(N)n2)c2cc(C#CC(C)(C)O)ncc2n1C. The van der Waals surface area contributed by atoms with Gasteiger partial charge in [-0.15, -0.1) is 0 Å². The van der Waals surface area contributed by atoms with Crippen LogP contribution in [0.1, 0.15) is 42.9 Å². The first-order valence-electron chi connectivity index (χ1n) is 9.56. The van der Waals surface area contributed by atoms with Crippen LogP contribution < -0.4 is 5.73 Å². The molecule has 0 amide bonds. The van der Waals surface area contributed by atoms with E-state index in [2.05, 4.69) is 26.8 Å². The molecule has 0 saturated heterocycles. The van der Waals surface area contributed by atoms with Crippen LogP contribution in [0.4, 0.5) is 5.95 Å². The number of fused-ring (bicyclic) bond motifs is 1. The Morgan fingerprint density at radius 1 is 1.37 bits per heavy atom. The fourth-order valence-electron chi connectivity index (χ4n) is 3.21. The maximum absolute atomic E-state index is 13.1. The highest BCUT2D eigenvalue weighted by Crippen LogP contribution is 2.34. The monoisotopic (exact) mass is 407 g/mol. The third-order valence-corrected chi connectivity index (χ3v) is 4.53. The number of nitrogens with zero attached hydrogens (tertiary/aromatic N) is 4. The number of methoxy groups -OCH3 is 1. The molecule has 3 aromatic heterocycles. The molecular formula is C22H25N5O3. The maximum atomic E-state index is 13.1. The largest absolute Gasteiger partial charge is 0.385 e. The molecular weight excluding hydrogens is 382 g/mol. The minimum atomic E-state index is -1.14. The first kappa shape index (κ1) is 21.4. The second-order valence-electron chi connectivity index (χ2n) is 7.50. The van der Waals surface area contributed by atoms with Gasteiger partial charge in [-0.25, -0.2) is 15.0 Å². The Kier molecular flexibility index (Phi) is 6.15. The molecule has 3 heterocycles. The van der Waals surface area contributed by atoms with Gasteiger partial charge in [0.15, 0.2) is 5.78 Å². The van der Waals surface area contributed by atoms with Crippen molar-refractivity contribution >= 4 is 22.6 Å². The van der Waals surface area contributed by atoms with Crippen molar-refractivity contribution in [3.8, 4) is 23.1 Å². The Labute approximate surface area is 175 Å². The average molecular weight is 407 g/mol. The minimum Gasteiger partial charge on any atom is -0.385 e. The van der Waals surface area contributed by atoms with Gasteiger partial charge in [0, 0.05) is 44.3 Å². The number of aliphatic hydroxyl groups is 1. The Balaban J connectivity index is 2.23. The number of anilines is 1. The van der Waals surface area contributed by atoms with Gasteiger partial charge in [0.2, 0.25) is 5.95 Å². The van der Waals surface area contributed by atoms with Crippen LogP contribution in [0.3, 0.4) is 0 Å². The molecule has 156 valence electrons. The fourth-order valence-corrected chi connectivity index (χ4v) is 3.21. The molecule has 0 aliphatic rings. The van der Waals surface area contributed by atoms with Crippen LogP contribution in [0.25, 0.3) is 22.2 Å². The quantitative estimate of drug-likeness (QED) is 0.366. The molecule has 0 unspecified atom stereocenters. The van der Waals surface area contributed by atoms with Crippen LogP contribution in [0.2, 0.25) is 0 Å². The van der Waals surface area contributed by atoms with Gasteiger partial charge in [-0.2, -0.15) is 0 Å². The lowest BCUT2D eigenvalue weighted by molar-refractivity contribution is 0.0956. The van der Waals surface area contributed by atoms with Crippen LogP contribution in [0.5, 0.6) is 0 Å². The highest BCUT2D eigenvalue weighted by Gasteiger charge is 2.23. The van der Waals surface area contributed by atoms with Crippen molar-refractivity contribution in [2.45, 2.75) is 32.3 Å². The van der Waals surface area contributed by atoms with Crippen LogP contribution in [-0.2, 0) is 11.8 Å². The van der Waals surface area contributed by atoms with Gasteiger partial charge in [0.1, 0.15) is 11.3 Å². The second kappa shape index (κ2) is 8.61. The predicted molar refractivity (Wildman–Crippen MR) is 115 cm³/mol. The molecule has 0 bridgehead atoms. The summed E-state index contributed by atoms with van der Waals surface area (Å²) < 4.78 is 6.89. The Morgan fingerprint density at radius 2 is 2.13 bits per heavy atom. The number of ketones is 1. The standard InChI is InChI=1S/C22H25N5O3/c1-22(2,29)9-7-14-12-15-17(13-25-14)27(3)20(18(28)6-5-11-30-4)19(15)16-8-10-24-21(23)26-16/h8,10,12-13,29H,5-6,11H2,1-4H3,(H2,23,24,26). The molecule has 0 spiro atoms. The van der Waals surface area contributed by atoms with Crippen molar-refractivity contribution in [2.24, 2.45) is 7.05 Å². The normalized spacial score (nSPS) is 11.4. The average Bonchev–Trinajstić information content (AvgIpc) is 2.98. The lowest BCUT2D eigenvalue weighted by Gasteiger charge is -2.07. The summed E-state index contributed by atoms with van der Waals surface area (Å²) >= 11 is 0. The molecule has 0 aromatic carbocycles. The molecule has 0 fully saturated rings. The van der Waals surface area contributed by atoms with Crippen molar-refractivity contribution in [2.75, 3.05) is 19.5 Å². The molecule has 0 aliphatic carbocycles. The van der Waals surface area contributed by atoms with Crippen molar-refractivity contribution in [1.82, 2.24) is 19.5 Å². The highest BCUT2D eigenvalue weighted by atomic mass is 16.5. The van der Waals surface area contributed by atoms with E-state index in [1.165, 1.54) is 0 Å². The molecule has 0 radical (unpaired) electrons. The Bertz CT molecular complexity index is 1150. The summed E-state index contributed by atoms with van der Waals surface area (Å²) in [7, 11) is 3.43. The number of aromatic nitrogens is 4. The third-order valence-electron chi connectivity index (χ3n) is 4.53. The minimum absolute atomic E-state index is 0.0259. The van der Waals surface area contributed by atoms with E-state index in [0.29, 0.717) is 42.1 Å². The topological polar surface area (TPSA) is 116 Å². The first-order valence-corrected chi connectivity index (χ1v) is 9.56. The molecule has 3 aromatic rings. The number of hydrogen-bond donors (Lipinski definition) is 2. The molecule has 0 aliphatic heterocycles. The number of hydrogen-bond acceptors (Lipinski definition) is 7. The molecule has 0 atom stereocenters. The van der Waals surface area contributed by atoms with Gasteiger partial charge in [0.25, 0.3) is 0 Å². The van der Waals surface area contributed by atoms with Gasteiger partial charge in [0.05, 0.1) is 23.1 Å². The lowest BCUT2D eigenvalue weighted by atomic mass is 10.0. The number of rotatable bonds is 6. The number of nitrogen functional groups attached to an aromatic ring is 1. The van der Waals surface area contributed by atoms with Crippen molar-refractivity contribution < 1.29 is 14.6 Å². The summed E-state index contributed by atoms with van der Waals surface area (Å²) in [6.07, 6.45) is 4.18. The van der Waals surface area contributed by atoms with E-state index in [0.717, 1.165) is 10.9 Å². The predicted octanol–water partition coefficient (Wildman–Crippen LogP) is 2.34. The summed E-state index contributed by atoms with van der Waals surface area (Å²) in [6, 6.07) is 3.52. The van der Waals surface area contributed by atoms with E-state index in [1.54, 1.807) is 45.5 Å². The molecule has 8 heteroatoms. The zero-order valence-electron chi connectivity index (χ0n) is 17.6. The number of ether oxygens (including phenoxy) is 1. The smallest absolute Gasteiger partial charge is 0.220 e. The van der Waals surface area contributed by atoms with E-state index in [9.17, 15) is 9.90 Å². The summed E-state index contributed by atoms with van der Waals surface area (Å²) in [5.41, 5.74) is 7.66. The van der Waals surface area contributed by atoms with E-state index in [4.69, 9.17) is 10.5 Å². The van der Waals surface area contributed by atoms with Gasteiger partial charge >= 0.3 is 0 Å². The van der Waals surface area contributed by atoms with Crippen LogP contribution >= 0.6 is 0 Å². The van der Waals surface area contributed by atoms with E-state index in [1.807, 2.05) is 11.6 Å². The fraction of sp³-hybridized carbons (Fsp3) is 0.364. The highest BCUT2D eigenvalue weighted by molar-refractivity contribution is 6.10. The van der Waals surface area contributed by atoms with E-state index in [-0.39, 0.29) is 11.7 Å². The second-order valence-corrected chi connectivity index (χ2v) is 7.50. The van der Waals surface area contributed by atoms with Gasteiger partial charge in [-0.05, 0) is 38.3 Å². The van der Waals surface area contributed by atoms with Crippen molar-refractivity contribution in [1.29, 1.82) is 0 Å². The number of aryl methyl sites for hydroxylation is 1. The number of carbonyl (C=O) groups excluding carboxylic acids is 1. The summed E-state index contributed by atoms with van der Waals surface area (Å²) in [5, 5.41) is 10.7. The lowest BCUT2D eigenvalue weighted by Crippen LogP contribution is -2.14. The van der Waals surface area contributed by atoms with E-state index < -0.39 is 5.60 Å². The molecule has 8 nitrogen and oxygen atoms in total. The molecule has 3 rings (SSSR count). The Morgan fingerprint density at radius 3 is 2.80 bits per heavy atom. The zero-order valence-corrected chi connectivity index (χ0v) is 17.6. The molecule has 3 N–H and O–H groups in total. The molecule has 0 saturated carbocycles. The first-order chi connectivity index (χ1) is 14.2. The third kappa shape index (κ3) is 4.64. The number of pyridine rings is 1. The summed E-state index contributed by atoms with van der Waals surface area (Å²) in [5.74, 6) is 5.74. The van der Waals surface area contributed by atoms with Crippen LogP contribution in [0, 0.1) is 11.8 Å². The zero-order chi connectivity index (χ0) is 21.9. The van der Waals surface area contributed by atoms with Gasteiger partial charge in [-0.1, -0.05) is 5.92 Å². The maximum Gasteiger partial charge on any atom is 0.220 e. The van der Waals surface area contributed by atoms with Gasteiger partial charge in [-0.3, -0.25) is 4.79 Å². The summed E-state index contributed by atoms with van der Waals surface area (Å²) in [4.78, 5) is 25.8.